The van der Waals surface area contributed by atoms with Crippen LogP contribution in [-0.2, 0) is 0 Å². The molecule has 0 radical (unpaired) electrons. The van der Waals surface area contributed by atoms with Gasteiger partial charge in [-0.25, -0.2) is 4.39 Å². The van der Waals surface area contributed by atoms with Gasteiger partial charge in [0.1, 0.15) is 24.6 Å². The zero-order valence-corrected chi connectivity index (χ0v) is 18.0. The SMILES string of the molecule is CN(c1ccc(-c2ccc(-n3cnnc3)cc2O)nn1)[C@H]1C[C@]2(C)CC[C@@](C)(C2)[C@H]1F. The number of hydrogen-bond acceptors (Lipinski definition) is 6. The van der Waals surface area contributed by atoms with Gasteiger partial charge < -0.3 is 10.0 Å². The largest absolute Gasteiger partial charge is 0.507 e. The molecule has 2 aromatic heterocycles. The number of anilines is 1. The lowest BCUT2D eigenvalue weighted by Crippen LogP contribution is -2.52. The summed E-state index contributed by atoms with van der Waals surface area (Å²) in [5.74, 6) is 0.737. The first-order valence-electron chi connectivity index (χ1n) is 10.7. The molecule has 2 saturated carbocycles. The van der Waals surface area contributed by atoms with Crippen molar-refractivity contribution in [3.05, 3.63) is 43.0 Å². The minimum Gasteiger partial charge on any atom is -0.507 e. The van der Waals surface area contributed by atoms with Crippen LogP contribution < -0.4 is 4.90 Å². The van der Waals surface area contributed by atoms with Crippen molar-refractivity contribution in [2.45, 2.75) is 51.7 Å². The van der Waals surface area contributed by atoms with Crippen LogP contribution in [-0.4, -0.2) is 49.3 Å². The van der Waals surface area contributed by atoms with Crippen molar-refractivity contribution < 1.29 is 9.50 Å². The molecule has 31 heavy (non-hydrogen) atoms. The predicted molar refractivity (Wildman–Crippen MR) is 116 cm³/mol. The third-order valence-corrected chi connectivity index (χ3v) is 7.32. The molecule has 2 bridgehead atoms. The van der Waals surface area contributed by atoms with Gasteiger partial charge in [0.25, 0.3) is 0 Å². The lowest BCUT2D eigenvalue weighted by molar-refractivity contribution is 0.0380. The van der Waals surface area contributed by atoms with Crippen LogP contribution in [0.4, 0.5) is 10.2 Å². The van der Waals surface area contributed by atoms with E-state index in [1.807, 2.05) is 30.1 Å². The fraction of sp³-hybridized carbons (Fsp3) is 0.478. The van der Waals surface area contributed by atoms with E-state index >= 15 is 4.39 Å². The minimum atomic E-state index is -0.885. The number of rotatable bonds is 4. The number of halogens is 1. The lowest BCUT2D eigenvalue weighted by Gasteiger charge is -2.46. The van der Waals surface area contributed by atoms with Gasteiger partial charge in [0.15, 0.2) is 5.82 Å². The number of phenolic OH excluding ortho intramolecular Hbond substituents is 1. The minimum absolute atomic E-state index is 0.0927. The van der Waals surface area contributed by atoms with Crippen LogP contribution in [0.2, 0.25) is 0 Å². The van der Waals surface area contributed by atoms with Crippen molar-refractivity contribution in [3.8, 4) is 22.7 Å². The number of nitrogens with zero attached hydrogens (tertiary/aromatic N) is 6. The molecule has 5 rings (SSSR count). The van der Waals surface area contributed by atoms with Gasteiger partial charge in [-0.1, -0.05) is 13.8 Å². The normalized spacial score (nSPS) is 29.8. The Kier molecular flexibility index (Phi) is 4.50. The first kappa shape index (κ1) is 19.9. The summed E-state index contributed by atoms with van der Waals surface area (Å²) in [5.41, 5.74) is 1.83. The van der Waals surface area contributed by atoms with E-state index in [9.17, 15) is 5.11 Å². The molecule has 162 valence electrons. The molecule has 0 unspecified atom stereocenters. The van der Waals surface area contributed by atoms with Gasteiger partial charge in [0.05, 0.1) is 17.4 Å². The second-order valence-electron chi connectivity index (χ2n) is 9.77. The molecule has 0 spiro atoms. The molecule has 2 aliphatic rings. The summed E-state index contributed by atoms with van der Waals surface area (Å²) in [7, 11) is 1.91. The quantitative estimate of drug-likeness (QED) is 0.680. The molecule has 4 atom stereocenters. The Morgan fingerprint density at radius 1 is 1.10 bits per heavy atom. The summed E-state index contributed by atoms with van der Waals surface area (Å²) in [6.45, 7) is 4.37. The maximum absolute atomic E-state index is 15.4. The van der Waals surface area contributed by atoms with E-state index in [0.717, 1.165) is 31.4 Å². The van der Waals surface area contributed by atoms with E-state index in [1.54, 1.807) is 29.4 Å². The standard InChI is InChI=1S/C23H27FN6O/c1-22-8-9-23(2,12-22)21(24)18(11-22)29(3)20-7-6-17(27-28-20)16-5-4-15(10-19(16)31)30-13-25-26-14-30/h4-7,10,13-14,18,21,31H,8-9,11-12H2,1-3H3/t18-,21-,22-,23-/m0/s1. The molecule has 3 aromatic rings. The second kappa shape index (κ2) is 7.00. The molecular weight excluding hydrogens is 395 g/mol. The Morgan fingerprint density at radius 2 is 1.87 bits per heavy atom. The molecule has 0 saturated heterocycles. The molecule has 0 aliphatic heterocycles. The van der Waals surface area contributed by atoms with Crippen LogP contribution >= 0.6 is 0 Å². The van der Waals surface area contributed by atoms with Crippen molar-refractivity contribution in [1.29, 1.82) is 0 Å². The third-order valence-electron chi connectivity index (χ3n) is 7.32. The first-order valence-corrected chi connectivity index (χ1v) is 10.7. The van der Waals surface area contributed by atoms with Gasteiger partial charge in [-0.05, 0) is 55.4 Å². The van der Waals surface area contributed by atoms with Gasteiger partial charge in [-0.15, -0.1) is 20.4 Å². The monoisotopic (exact) mass is 422 g/mol. The topological polar surface area (TPSA) is 80.0 Å². The fourth-order valence-corrected chi connectivity index (χ4v) is 5.61. The van der Waals surface area contributed by atoms with E-state index in [0.29, 0.717) is 17.1 Å². The highest BCUT2D eigenvalue weighted by atomic mass is 19.1. The summed E-state index contributed by atoms with van der Waals surface area (Å²) in [6, 6.07) is 8.74. The average Bonchev–Trinajstić information content (AvgIpc) is 3.38. The van der Waals surface area contributed by atoms with Crippen LogP contribution in [0.1, 0.15) is 39.5 Å². The predicted octanol–water partition coefficient (Wildman–Crippen LogP) is 4.17. The van der Waals surface area contributed by atoms with Crippen LogP contribution in [0.25, 0.3) is 16.9 Å². The van der Waals surface area contributed by atoms with Gasteiger partial charge in [0.2, 0.25) is 0 Å². The summed E-state index contributed by atoms with van der Waals surface area (Å²) >= 11 is 0. The zero-order chi connectivity index (χ0) is 21.8. The van der Waals surface area contributed by atoms with Gasteiger partial charge in [-0.3, -0.25) is 4.57 Å². The van der Waals surface area contributed by atoms with Crippen molar-refractivity contribution in [2.24, 2.45) is 10.8 Å². The number of aromatic hydroxyl groups is 1. The van der Waals surface area contributed by atoms with Gasteiger partial charge in [-0.2, -0.15) is 0 Å². The molecule has 2 aliphatic carbocycles. The molecule has 2 fully saturated rings. The van der Waals surface area contributed by atoms with Crippen molar-refractivity contribution >= 4 is 5.82 Å². The van der Waals surface area contributed by atoms with Crippen molar-refractivity contribution in [2.75, 3.05) is 11.9 Å². The molecule has 8 heteroatoms. The zero-order valence-electron chi connectivity index (χ0n) is 18.0. The Labute approximate surface area is 181 Å². The number of benzene rings is 1. The number of phenols is 1. The molecule has 0 amide bonds. The van der Waals surface area contributed by atoms with Crippen LogP contribution in [0.15, 0.2) is 43.0 Å². The van der Waals surface area contributed by atoms with Crippen LogP contribution in [0.3, 0.4) is 0 Å². The fourth-order valence-electron chi connectivity index (χ4n) is 5.61. The number of hydrogen-bond donors (Lipinski definition) is 1. The maximum atomic E-state index is 15.4. The highest BCUT2D eigenvalue weighted by Gasteiger charge is 2.56. The Balaban J connectivity index is 1.38. The Bertz CT molecular complexity index is 1090. The molecule has 7 nitrogen and oxygen atoms in total. The van der Waals surface area contributed by atoms with E-state index in [1.165, 1.54) is 0 Å². The summed E-state index contributed by atoms with van der Waals surface area (Å²) < 4.78 is 17.2. The van der Waals surface area contributed by atoms with E-state index in [-0.39, 0.29) is 22.6 Å². The van der Waals surface area contributed by atoms with Gasteiger partial charge in [0, 0.05) is 24.1 Å². The van der Waals surface area contributed by atoms with Crippen LogP contribution in [0, 0.1) is 10.8 Å². The highest BCUT2D eigenvalue weighted by molar-refractivity contribution is 5.69. The van der Waals surface area contributed by atoms with Crippen LogP contribution in [0.5, 0.6) is 5.75 Å². The second-order valence-corrected chi connectivity index (χ2v) is 9.77. The van der Waals surface area contributed by atoms with E-state index in [4.69, 9.17) is 0 Å². The third kappa shape index (κ3) is 3.34. The summed E-state index contributed by atoms with van der Waals surface area (Å²) in [5, 5.41) is 26.8. The van der Waals surface area contributed by atoms with Crippen molar-refractivity contribution in [3.63, 3.8) is 0 Å². The molecular formula is C23H27FN6O. The maximum Gasteiger partial charge on any atom is 0.151 e. The van der Waals surface area contributed by atoms with E-state index < -0.39 is 6.17 Å². The van der Waals surface area contributed by atoms with E-state index in [2.05, 4.69) is 34.2 Å². The highest BCUT2D eigenvalue weighted by Crippen LogP contribution is 2.59. The lowest BCUT2D eigenvalue weighted by atomic mass is 9.67. The summed E-state index contributed by atoms with van der Waals surface area (Å²) in [4.78, 5) is 1.94. The molecule has 1 N–H and O–H groups in total. The average molecular weight is 423 g/mol. The summed E-state index contributed by atoms with van der Waals surface area (Å²) in [6.07, 6.45) is 6.07. The van der Waals surface area contributed by atoms with Gasteiger partial charge >= 0.3 is 0 Å². The van der Waals surface area contributed by atoms with Crippen molar-refractivity contribution in [1.82, 2.24) is 25.0 Å². The smallest absolute Gasteiger partial charge is 0.151 e. The number of alkyl halides is 1. The molecule has 2 heterocycles. The number of fused-ring (bicyclic) bond motifs is 2. The number of aromatic nitrogens is 5. The Morgan fingerprint density at radius 3 is 2.55 bits per heavy atom. The first-order chi connectivity index (χ1) is 14.8. The molecule has 1 aromatic carbocycles. The Hall–Kier alpha value is -3.03.